The molecule has 7 nitrogen and oxygen atoms in total. The highest BCUT2D eigenvalue weighted by atomic mass is 32.2. The number of hydrogen-bond acceptors (Lipinski definition) is 5. The van der Waals surface area contributed by atoms with Crippen molar-refractivity contribution >= 4 is 38.8 Å². The molecule has 0 bridgehead atoms. The number of hydrogen-bond donors (Lipinski definition) is 2. The van der Waals surface area contributed by atoms with E-state index >= 15 is 0 Å². The Kier molecular flexibility index (Phi) is 6.02. The fourth-order valence-electron chi connectivity index (χ4n) is 3.55. The highest BCUT2D eigenvalue weighted by Crippen LogP contribution is 2.36. The SMILES string of the molecule is CC(=O)Nc1ccc(NC=C2C(=O)c3ccccc3N(Cc3ccc(C)cc3)S2(=O)=O)cc1. The maximum Gasteiger partial charge on any atom is 0.270 e. The lowest BCUT2D eigenvalue weighted by molar-refractivity contribution is -0.114. The second-order valence-electron chi connectivity index (χ2n) is 7.76. The second-order valence-corrected chi connectivity index (χ2v) is 9.59. The molecular formula is C25H23N3O4S. The number of nitrogens with one attached hydrogen (secondary N) is 2. The third-order valence-electron chi connectivity index (χ3n) is 5.23. The zero-order chi connectivity index (χ0) is 23.6. The minimum atomic E-state index is -4.10. The van der Waals surface area contributed by atoms with Gasteiger partial charge in [-0.05, 0) is 48.9 Å². The predicted octanol–water partition coefficient (Wildman–Crippen LogP) is 4.44. The number of fused-ring (bicyclic) bond motifs is 1. The van der Waals surface area contributed by atoms with Gasteiger partial charge in [0.2, 0.25) is 11.7 Å². The summed E-state index contributed by atoms with van der Waals surface area (Å²) in [5.74, 6) is -0.753. The molecule has 0 unspecified atom stereocenters. The van der Waals surface area contributed by atoms with Crippen LogP contribution in [0.15, 0.2) is 83.9 Å². The summed E-state index contributed by atoms with van der Waals surface area (Å²) < 4.78 is 28.3. The zero-order valence-electron chi connectivity index (χ0n) is 18.2. The van der Waals surface area contributed by atoms with E-state index < -0.39 is 15.8 Å². The van der Waals surface area contributed by atoms with E-state index in [-0.39, 0.29) is 17.4 Å². The molecular weight excluding hydrogens is 438 g/mol. The molecule has 0 aliphatic carbocycles. The number of Topliss-reactive ketones (excluding diaryl/α,β-unsaturated/α-hetero) is 1. The maximum absolute atomic E-state index is 13.5. The summed E-state index contributed by atoms with van der Waals surface area (Å²) >= 11 is 0. The topological polar surface area (TPSA) is 95.6 Å². The van der Waals surface area contributed by atoms with Crippen LogP contribution in [0, 0.1) is 6.92 Å². The summed E-state index contributed by atoms with van der Waals surface area (Å²) in [5.41, 5.74) is 3.76. The summed E-state index contributed by atoms with van der Waals surface area (Å²) in [7, 11) is -4.10. The Balaban J connectivity index is 1.69. The van der Waals surface area contributed by atoms with E-state index in [9.17, 15) is 18.0 Å². The van der Waals surface area contributed by atoms with Gasteiger partial charge in [0.05, 0.1) is 12.2 Å². The standard InChI is InChI=1S/C25H23N3O4S/c1-17-7-9-19(10-8-17)16-28-23-6-4-3-5-22(23)25(30)24(33(28,31)32)15-26-20-11-13-21(14-12-20)27-18(2)29/h3-15,26H,16H2,1-2H3,(H,27,29). The van der Waals surface area contributed by atoms with Gasteiger partial charge in [0, 0.05) is 30.1 Å². The van der Waals surface area contributed by atoms with Crippen molar-refractivity contribution in [3.8, 4) is 0 Å². The summed E-state index contributed by atoms with van der Waals surface area (Å²) in [6.45, 7) is 3.48. The summed E-state index contributed by atoms with van der Waals surface area (Å²) in [5, 5.41) is 5.56. The van der Waals surface area contributed by atoms with E-state index in [2.05, 4.69) is 10.6 Å². The van der Waals surface area contributed by atoms with Crippen molar-refractivity contribution in [2.45, 2.75) is 20.4 Å². The van der Waals surface area contributed by atoms with Crippen LogP contribution in [0.1, 0.15) is 28.4 Å². The van der Waals surface area contributed by atoms with Crippen LogP contribution in [0.5, 0.6) is 0 Å². The number of benzene rings is 3. The molecule has 1 amide bonds. The van der Waals surface area contributed by atoms with Crippen LogP contribution in [0.25, 0.3) is 0 Å². The van der Waals surface area contributed by atoms with Crippen molar-refractivity contribution in [1.82, 2.24) is 0 Å². The molecule has 1 heterocycles. The lowest BCUT2D eigenvalue weighted by atomic mass is 10.1. The predicted molar refractivity (Wildman–Crippen MR) is 130 cm³/mol. The van der Waals surface area contributed by atoms with Crippen molar-refractivity contribution in [1.29, 1.82) is 0 Å². The minimum Gasteiger partial charge on any atom is -0.360 e. The molecule has 2 N–H and O–H groups in total. The number of amides is 1. The first-order chi connectivity index (χ1) is 15.8. The van der Waals surface area contributed by atoms with Crippen LogP contribution in [0.2, 0.25) is 0 Å². The van der Waals surface area contributed by atoms with E-state index in [0.29, 0.717) is 22.6 Å². The Morgan fingerprint density at radius 1 is 0.939 bits per heavy atom. The summed E-state index contributed by atoms with van der Waals surface area (Å²) in [6.07, 6.45) is 1.23. The monoisotopic (exact) mass is 461 g/mol. The fourth-order valence-corrected chi connectivity index (χ4v) is 5.08. The van der Waals surface area contributed by atoms with Crippen molar-refractivity contribution in [2.75, 3.05) is 14.9 Å². The third-order valence-corrected chi connectivity index (χ3v) is 7.00. The highest BCUT2D eigenvalue weighted by Gasteiger charge is 2.40. The van der Waals surface area contributed by atoms with Gasteiger partial charge in [0.1, 0.15) is 0 Å². The summed E-state index contributed by atoms with van der Waals surface area (Å²) in [6, 6.07) is 21.0. The first kappa shape index (κ1) is 22.3. The number of carbonyl (C=O) groups excluding carboxylic acids is 2. The van der Waals surface area contributed by atoms with E-state index in [4.69, 9.17) is 0 Å². The molecule has 0 fully saturated rings. The molecule has 33 heavy (non-hydrogen) atoms. The lowest BCUT2D eigenvalue weighted by Crippen LogP contribution is -2.39. The van der Waals surface area contributed by atoms with Crippen LogP contribution >= 0.6 is 0 Å². The van der Waals surface area contributed by atoms with Crippen LogP contribution in [-0.4, -0.2) is 20.1 Å². The van der Waals surface area contributed by atoms with E-state index in [0.717, 1.165) is 11.1 Å². The smallest absolute Gasteiger partial charge is 0.270 e. The van der Waals surface area contributed by atoms with Crippen LogP contribution in [-0.2, 0) is 21.4 Å². The Morgan fingerprint density at radius 3 is 2.24 bits per heavy atom. The number of anilines is 3. The van der Waals surface area contributed by atoms with Gasteiger partial charge in [-0.3, -0.25) is 13.9 Å². The van der Waals surface area contributed by atoms with Gasteiger partial charge in [-0.2, -0.15) is 0 Å². The van der Waals surface area contributed by atoms with Gasteiger partial charge < -0.3 is 10.6 Å². The minimum absolute atomic E-state index is 0.107. The number of sulfonamides is 1. The Hall–Kier alpha value is -3.91. The first-order valence-corrected chi connectivity index (χ1v) is 11.8. The van der Waals surface area contributed by atoms with Crippen molar-refractivity contribution < 1.29 is 18.0 Å². The molecule has 168 valence electrons. The van der Waals surface area contributed by atoms with E-state index in [1.165, 1.54) is 17.4 Å². The van der Waals surface area contributed by atoms with Gasteiger partial charge in [-0.15, -0.1) is 0 Å². The number of allylic oxidation sites excluding steroid dienone is 1. The first-order valence-electron chi connectivity index (χ1n) is 10.3. The van der Waals surface area contributed by atoms with Crippen LogP contribution < -0.4 is 14.9 Å². The fraction of sp³-hybridized carbons (Fsp3) is 0.120. The Morgan fingerprint density at radius 2 is 1.58 bits per heavy atom. The number of rotatable bonds is 5. The molecule has 1 aliphatic rings. The molecule has 0 aromatic heterocycles. The van der Waals surface area contributed by atoms with Gasteiger partial charge >= 0.3 is 0 Å². The third kappa shape index (κ3) is 4.65. The maximum atomic E-state index is 13.5. The molecule has 8 heteroatoms. The molecule has 0 saturated carbocycles. The quantitative estimate of drug-likeness (QED) is 0.548. The molecule has 1 aliphatic heterocycles. The Labute approximate surface area is 192 Å². The Bertz CT molecular complexity index is 1350. The lowest BCUT2D eigenvalue weighted by Gasteiger charge is -2.31. The number of para-hydroxylation sites is 1. The van der Waals surface area contributed by atoms with Crippen LogP contribution in [0.3, 0.4) is 0 Å². The van der Waals surface area contributed by atoms with Gasteiger partial charge in [0.15, 0.2) is 4.91 Å². The van der Waals surface area contributed by atoms with Gasteiger partial charge in [-0.1, -0.05) is 42.0 Å². The van der Waals surface area contributed by atoms with Crippen molar-refractivity contribution in [3.63, 3.8) is 0 Å². The average Bonchev–Trinajstić information content (AvgIpc) is 2.78. The molecule has 3 aromatic carbocycles. The molecule has 0 saturated heterocycles. The number of ketones is 1. The number of nitrogens with zero attached hydrogens (tertiary/aromatic N) is 1. The highest BCUT2D eigenvalue weighted by molar-refractivity contribution is 7.97. The van der Waals surface area contributed by atoms with Crippen molar-refractivity contribution in [2.24, 2.45) is 0 Å². The largest absolute Gasteiger partial charge is 0.360 e. The zero-order valence-corrected chi connectivity index (χ0v) is 19.0. The number of carbonyl (C=O) groups is 2. The molecule has 3 aromatic rings. The van der Waals surface area contributed by atoms with Gasteiger partial charge in [-0.25, -0.2) is 8.42 Å². The molecule has 0 atom stereocenters. The molecule has 0 spiro atoms. The van der Waals surface area contributed by atoms with Gasteiger partial charge in [0.25, 0.3) is 10.0 Å². The molecule has 0 radical (unpaired) electrons. The second kappa shape index (κ2) is 8.91. The molecule has 4 rings (SSSR count). The van der Waals surface area contributed by atoms with E-state index in [1.807, 2.05) is 31.2 Å². The summed E-state index contributed by atoms with van der Waals surface area (Å²) in [4.78, 5) is 23.9. The van der Waals surface area contributed by atoms with E-state index in [1.54, 1.807) is 48.5 Å². The van der Waals surface area contributed by atoms with Crippen LogP contribution in [0.4, 0.5) is 17.1 Å². The number of aryl methyl sites for hydroxylation is 1. The van der Waals surface area contributed by atoms with Crippen molar-refractivity contribution in [3.05, 3.63) is 101 Å². The average molecular weight is 462 g/mol. The normalized spacial score (nSPS) is 15.8.